The number of carbonyl (C=O) groups excluding carboxylic acids is 2. The van der Waals surface area contributed by atoms with E-state index in [1.807, 2.05) is 13.8 Å². The molecule has 0 saturated carbocycles. The number of hydrogen-bond acceptors (Lipinski definition) is 6. The van der Waals surface area contributed by atoms with Gasteiger partial charge in [0.15, 0.2) is 0 Å². The summed E-state index contributed by atoms with van der Waals surface area (Å²) in [5, 5.41) is 23.4. The van der Waals surface area contributed by atoms with Gasteiger partial charge in [0.2, 0.25) is 11.8 Å². The summed E-state index contributed by atoms with van der Waals surface area (Å²) in [5.41, 5.74) is 5.73. The van der Waals surface area contributed by atoms with Gasteiger partial charge < -0.3 is 26.6 Å². The van der Waals surface area contributed by atoms with Crippen molar-refractivity contribution in [1.29, 1.82) is 0 Å². The summed E-state index contributed by atoms with van der Waals surface area (Å²) in [7, 11) is 0. The van der Waals surface area contributed by atoms with Crippen LogP contribution < -0.4 is 16.4 Å². The van der Waals surface area contributed by atoms with E-state index in [-0.39, 0.29) is 18.1 Å². The second-order valence-electron chi connectivity index (χ2n) is 5.87. The topological polar surface area (TPSA) is 142 Å². The second kappa shape index (κ2) is 10.5. The fraction of sp³-hybridized carbons (Fsp3) is 0.786. The summed E-state index contributed by atoms with van der Waals surface area (Å²) in [4.78, 5) is 35.2. The lowest BCUT2D eigenvalue weighted by molar-refractivity contribution is -0.143. The number of carboxylic acids is 1. The number of rotatable bonds is 10. The molecule has 0 aromatic heterocycles. The minimum absolute atomic E-state index is 0.123. The van der Waals surface area contributed by atoms with Crippen molar-refractivity contribution in [3.63, 3.8) is 0 Å². The molecule has 6 N–H and O–H groups in total. The maximum absolute atomic E-state index is 12.1. The molecule has 23 heavy (non-hydrogen) atoms. The lowest BCUT2D eigenvalue weighted by atomic mass is 10.0. The summed E-state index contributed by atoms with van der Waals surface area (Å²) in [6.45, 7) is 5.13. The first-order valence-electron chi connectivity index (χ1n) is 7.48. The van der Waals surface area contributed by atoms with Crippen molar-refractivity contribution in [2.24, 2.45) is 11.7 Å². The number of aliphatic carboxylic acids is 1. The van der Waals surface area contributed by atoms with Gasteiger partial charge in [-0.1, -0.05) is 13.8 Å². The van der Waals surface area contributed by atoms with Gasteiger partial charge in [0, 0.05) is 0 Å². The van der Waals surface area contributed by atoms with Crippen LogP contribution in [0.25, 0.3) is 0 Å². The fourth-order valence-electron chi connectivity index (χ4n) is 1.93. The SMILES string of the molecule is CC(C)C[C@H](N)C(=O)N[C@H](C(=O)N[C@H](CCS)C(=O)O)[C@@H](C)O. The first kappa shape index (κ1) is 21.7. The van der Waals surface area contributed by atoms with E-state index in [1.54, 1.807) is 0 Å². The first-order chi connectivity index (χ1) is 10.6. The third kappa shape index (κ3) is 8.19. The Labute approximate surface area is 141 Å². The van der Waals surface area contributed by atoms with E-state index < -0.39 is 42.0 Å². The molecule has 0 aromatic rings. The Kier molecular flexibility index (Phi) is 9.85. The number of thiol groups is 1. The van der Waals surface area contributed by atoms with E-state index in [0.29, 0.717) is 6.42 Å². The van der Waals surface area contributed by atoms with E-state index in [0.717, 1.165) is 0 Å². The number of carbonyl (C=O) groups is 3. The molecule has 0 bridgehead atoms. The highest BCUT2D eigenvalue weighted by atomic mass is 32.1. The van der Waals surface area contributed by atoms with Crippen molar-refractivity contribution in [2.45, 2.75) is 57.8 Å². The molecular weight excluding hydrogens is 322 g/mol. The number of aliphatic hydroxyl groups is 1. The van der Waals surface area contributed by atoms with Crippen molar-refractivity contribution in [1.82, 2.24) is 10.6 Å². The molecule has 0 rings (SSSR count). The van der Waals surface area contributed by atoms with E-state index in [2.05, 4.69) is 23.3 Å². The maximum atomic E-state index is 12.1. The van der Waals surface area contributed by atoms with Crippen molar-refractivity contribution >= 4 is 30.4 Å². The molecule has 0 heterocycles. The Balaban J connectivity index is 4.87. The molecule has 9 heteroatoms. The van der Waals surface area contributed by atoms with Gasteiger partial charge >= 0.3 is 5.97 Å². The highest BCUT2D eigenvalue weighted by molar-refractivity contribution is 7.80. The van der Waals surface area contributed by atoms with Crippen LogP contribution in [0.3, 0.4) is 0 Å². The maximum Gasteiger partial charge on any atom is 0.326 e. The number of aliphatic hydroxyl groups excluding tert-OH is 1. The molecule has 0 aliphatic heterocycles. The number of carboxylic acid groups (broad SMARTS) is 1. The number of nitrogens with one attached hydrogen (secondary N) is 2. The van der Waals surface area contributed by atoms with Gasteiger partial charge in [0.05, 0.1) is 12.1 Å². The predicted molar refractivity (Wildman–Crippen MR) is 89.1 cm³/mol. The molecule has 2 amide bonds. The molecule has 0 spiro atoms. The van der Waals surface area contributed by atoms with Crippen molar-refractivity contribution in [3.8, 4) is 0 Å². The standard InChI is InChI=1S/C14H27N3O5S/c1-7(2)6-9(15)12(19)17-11(8(3)18)13(20)16-10(4-5-23)14(21)22/h7-11,18,23H,4-6,15H2,1-3H3,(H,16,20)(H,17,19)(H,21,22)/t8-,9+,10-,11+/m1/s1. The van der Waals surface area contributed by atoms with Crippen LogP contribution in [0.4, 0.5) is 0 Å². The van der Waals surface area contributed by atoms with Gasteiger partial charge in [-0.15, -0.1) is 0 Å². The van der Waals surface area contributed by atoms with Crippen LogP contribution in [0.1, 0.15) is 33.6 Å². The second-order valence-corrected chi connectivity index (χ2v) is 6.32. The summed E-state index contributed by atoms with van der Waals surface area (Å²) >= 11 is 3.93. The van der Waals surface area contributed by atoms with Crippen LogP contribution in [0.5, 0.6) is 0 Å². The van der Waals surface area contributed by atoms with E-state index >= 15 is 0 Å². The number of amides is 2. The van der Waals surface area contributed by atoms with Crippen molar-refractivity contribution < 1.29 is 24.6 Å². The van der Waals surface area contributed by atoms with Crippen molar-refractivity contribution in [2.75, 3.05) is 5.75 Å². The van der Waals surface area contributed by atoms with Crippen LogP contribution in [-0.2, 0) is 14.4 Å². The van der Waals surface area contributed by atoms with E-state index in [4.69, 9.17) is 10.8 Å². The van der Waals surface area contributed by atoms with Gasteiger partial charge in [0.25, 0.3) is 0 Å². The predicted octanol–water partition coefficient (Wildman–Crippen LogP) is -0.885. The zero-order valence-electron chi connectivity index (χ0n) is 13.7. The molecule has 0 unspecified atom stereocenters. The Bertz CT molecular complexity index is 417. The zero-order valence-corrected chi connectivity index (χ0v) is 14.5. The summed E-state index contributed by atoms with van der Waals surface area (Å²) < 4.78 is 0. The first-order valence-corrected chi connectivity index (χ1v) is 8.11. The third-order valence-electron chi connectivity index (χ3n) is 3.16. The summed E-state index contributed by atoms with van der Waals surface area (Å²) in [6.07, 6.45) is -0.648. The van der Waals surface area contributed by atoms with Gasteiger partial charge in [0.1, 0.15) is 12.1 Å². The molecule has 0 aliphatic rings. The quantitative estimate of drug-likeness (QED) is 0.283. The average molecular weight is 349 g/mol. The Morgan fingerprint density at radius 2 is 1.70 bits per heavy atom. The molecule has 0 radical (unpaired) electrons. The molecule has 0 aromatic carbocycles. The van der Waals surface area contributed by atoms with Crippen LogP contribution in [-0.4, -0.2) is 58.0 Å². The van der Waals surface area contributed by atoms with Crippen molar-refractivity contribution in [3.05, 3.63) is 0 Å². The van der Waals surface area contributed by atoms with Crippen LogP contribution in [0, 0.1) is 5.92 Å². The highest BCUT2D eigenvalue weighted by Crippen LogP contribution is 2.04. The van der Waals surface area contributed by atoms with Crippen LogP contribution in [0.2, 0.25) is 0 Å². The van der Waals surface area contributed by atoms with E-state index in [1.165, 1.54) is 6.92 Å². The molecule has 134 valence electrons. The largest absolute Gasteiger partial charge is 0.480 e. The van der Waals surface area contributed by atoms with Gasteiger partial charge in [-0.05, 0) is 31.4 Å². The van der Waals surface area contributed by atoms with Crippen LogP contribution in [0.15, 0.2) is 0 Å². The smallest absolute Gasteiger partial charge is 0.326 e. The average Bonchev–Trinajstić information content (AvgIpc) is 2.42. The summed E-state index contributed by atoms with van der Waals surface area (Å²) in [6, 6.07) is -3.22. The molecule has 0 fully saturated rings. The number of nitrogens with two attached hydrogens (primary N) is 1. The Morgan fingerprint density at radius 1 is 1.13 bits per heavy atom. The minimum atomic E-state index is -1.28. The third-order valence-corrected chi connectivity index (χ3v) is 3.42. The molecule has 0 aliphatic carbocycles. The molecule has 4 atom stereocenters. The zero-order chi connectivity index (χ0) is 18.2. The van der Waals surface area contributed by atoms with E-state index in [9.17, 15) is 19.5 Å². The fourth-order valence-corrected chi connectivity index (χ4v) is 2.19. The van der Waals surface area contributed by atoms with Gasteiger partial charge in [-0.2, -0.15) is 12.6 Å². The highest BCUT2D eigenvalue weighted by Gasteiger charge is 2.30. The number of hydrogen-bond donors (Lipinski definition) is 6. The lowest BCUT2D eigenvalue weighted by Gasteiger charge is -2.24. The molecular formula is C14H27N3O5S. The normalized spacial score (nSPS) is 16.3. The Morgan fingerprint density at radius 3 is 2.09 bits per heavy atom. The van der Waals surface area contributed by atoms with Gasteiger partial charge in [-0.3, -0.25) is 9.59 Å². The monoisotopic (exact) mass is 349 g/mol. The molecule has 0 saturated heterocycles. The lowest BCUT2D eigenvalue weighted by Crippen LogP contribution is -2.58. The minimum Gasteiger partial charge on any atom is -0.480 e. The molecule has 8 nitrogen and oxygen atoms in total. The van der Waals surface area contributed by atoms with Crippen LogP contribution >= 0.6 is 12.6 Å². The van der Waals surface area contributed by atoms with Gasteiger partial charge in [-0.25, -0.2) is 4.79 Å². The Hall–Kier alpha value is -1.32. The summed E-state index contributed by atoms with van der Waals surface area (Å²) in [5.74, 6) is -2.09.